The molecule has 25 heavy (non-hydrogen) atoms. The molecule has 1 aliphatic rings. The van der Waals surface area contributed by atoms with Crippen molar-refractivity contribution in [3.05, 3.63) is 54.6 Å². The van der Waals surface area contributed by atoms with Crippen LogP contribution in [-0.2, 0) is 4.79 Å². The van der Waals surface area contributed by atoms with Crippen LogP contribution < -0.4 is 14.8 Å². The highest BCUT2D eigenvalue weighted by molar-refractivity contribution is 8.00. The molecule has 2 heterocycles. The predicted octanol–water partition coefficient (Wildman–Crippen LogP) is 3.74. The third-order valence-corrected chi connectivity index (χ3v) is 4.74. The summed E-state index contributed by atoms with van der Waals surface area (Å²) in [6.07, 6.45) is 0. The van der Waals surface area contributed by atoms with Crippen molar-refractivity contribution in [1.82, 2.24) is 4.98 Å². The van der Waals surface area contributed by atoms with Gasteiger partial charge in [0.25, 0.3) is 0 Å². The second kappa shape index (κ2) is 7.03. The smallest absolute Gasteiger partial charge is 0.235 e. The first-order valence-corrected chi connectivity index (χ1v) is 8.94. The van der Waals surface area contributed by atoms with E-state index in [9.17, 15) is 4.79 Å². The number of ether oxygens (including phenoxy) is 2. The molecule has 1 aromatic heterocycles. The van der Waals surface area contributed by atoms with Crippen molar-refractivity contribution in [2.24, 2.45) is 0 Å². The van der Waals surface area contributed by atoms with Crippen LogP contribution in [0.1, 0.15) is 0 Å². The van der Waals surface area contributed by atoms with Gasteiger partial charge in [-0.3, -0.25) is 4.79 Å². The van der Waals surface area contributed by atoms with Crippen LogP contribution in [0, 0.1) is 0 Å². The molecule has 126 valence electrons. The molecule has 0 aliphatic carbocycles. The summed E-state index contributed by atoms with van der Waals surface area (Å²) in [5.74, 6) is 2.25. The zero-order valence-corrected chi connectivity index (χ0v) is 14.2. The van der Waals surface area contributed by atoms with Crippen molar-refractivity contribution in [2.75, 3.05) is 24.3 Å². The maximum absolute atomic E-state index is 12.2. The number of thioether (sulfide) groups is 1. The summed E-state index contributed by atoms with van der Waals surface area (Å²) >= 11 is 1.45. The number of rotatable bonds is 4. The molecule has 0 radical (unpaired) electrons. The Balaban J connectivity index is 1.38. The number of hydrogen-bond donors (Lipinski definition) is 1. The molecule has 5 nitrogen and oxygen atoms in total. The minimum atomic E-state index is -0.0947. The molecule has 0 bridgehead atoms. The Bertz CT molecular complexity index is 929. The summed E-state index contributed by atoms with van der Waals surface area (Å²) in [5, 5.41) is 3.89. The van der Waals surface area contributed by atoms with E-state index < -0.39 is 0 Å². The molecule has 0 spiro atoms. The topological polar surface area (TPSA) is 60.5 Å². The first-order chi connectivity index (χ1) is 12.3. The molecule has 0 unspecified atom stereocenters. The molecule has 2 aromatic carbocycles. The lowest BCUT2D eigenvalue weighted by Gasteiger charge is -2.18. The first kappa shape index (κ1) is 15.8. The molecule has 1 aliphatic heterocycles. The number of anilines is 1. The number of amides is 1. The lowest BCUT2D eigenvalue weighted by molar-refractivity contribution is -0.113. The first-order valence-electron chi connectivity index (χ1n) is 7.96. The maximum Gasteiger partial charge on any atom is 0.235 e. The highest BCUT2D eigenvalue weighted by atomic mass is 32.2. The summed E-state index contributed by atoms with van der Waals surface area (Å²) < 4.78 is 11.1. The number of hydrogen-bond acceptors (Lipinski definition) is 5. The Morgan fingerprint density at radius 3 is 2.80 bits per heavy atom. The highest BCUT2D eigenvalue weighted by Crippen LogP contribution is 2.34. The largest absolute Gasteiger partial charge is 0.486 e. The Hall–Kier alpha value is -2.73. The van der Waals surface area contributed by atoms with Crippen molar-refractivity contribution in [3.8, 4) is 11.5 Å². The monoisotopic (exact) mass is 352 g/mol. The fourth-order valence-corrected chi connectivity index (χ4v) is 3.30. The van der Waals surface area contributed by atoms with E-state index in [0.717, 1.165) is 27.3 Å². The van der Waals surface area contributed by atoms with E-state index >= 15 is 0 Å². The molecule has 4 rings (SSSR count). The maximum atomic E-state index is 12.2. The van der Waals surface area contributed by atoms with Crippen molar-refractivity contribution in [1.29, 1.82) is 0 Å². The predicted molar refractivity (Wildman–Crippen MR) is 98.5 cm³/mol. The molecule has 0 fully saturated rings. The van der Waals surface area contributed by atoms with Gasteiger partial charge in [-0.05, 0) is 36.4 Å². The quantitative estimate of drug-likeness (QED) is 0.725. The number of pyridine rings is 1. The van der Waals surface area contributed by atoms with Crippen molar-refractivity contribution in [2.45, 2.75) is 4.90 Å². The number of para-hydroxylation sites is 1. The molecular formula is C19H16N2O3S. The van der Waals surface area contributed by atoms with E-state index in [4.69, 9.17) is 9.47 Å². The van der Waals surface area contributed by atoms with Crippen LogP contribution in [-0.4, -0.2) is 29.9 Å². The lowest BCUT2D eigenvalue weighted by atomic mass is 10.2. The van der Waals surface area contributed by atoms with Crippen LogP contribution in [0.5, 0.6) is 11.5 Å². The fourth-order valence-electron chi connectivity index (χ4n) is 2.58. The summed E-state index contributed by atoms with van der Waals surface area (Å²) in [7, 11) is 0. The van der Waals surface area contributed by atoms with Crippen LogP contribution >= 0.6 is 11.8 Å². The van der Waals surface area contributed by atoms with Gasteiger partial charge >= 0.3 is 0 Å². The zero-order valence-electron chi connectivity index (χ0n) is 13.4. The van der Waals surface area contributed by atoms with E-state index in [1.165, 1.54) is 11.8 Å². The van der Waals surface area contributed by atoms with Crippen LogP contribution in [0.15, 0.2) is 59.5 Å². The summed E-state index contributed by atoms with van der Waals surface area (Å²) in [4.78, 5) is 17.6. The van der Waals surface area contributed by atoms with Gasteiger partial charge < -0.3 is 14.8 Å². The fraction of sp³-hybridized carbons (Fsp3) is 0.158. The molecule has 3 aromatic rings. The molecule has 1 amide bonds. The van der Waals surface area contributed by atoms with E-state index in [0.29, 0.717) is 24.8 Å². The van der Waals surface area contributed by atoms with Gasteiger partial charge in [0.2, 0.25) is 5.91 Å². The zero-order chi connectivity index (χ0) is 17.1. The van der Waals surface area contributed by atoms with Crippen LogP contribution in [0.3, 0.4) is 0 Å². The Kier molecular flexibility index (Phi) is 4.43. The second-order valence-corrected chi connectivity index (χ2v) is 6.58. The molecule has 1 N–H and O–H groups in total. The summed E-state index contributed by atoms with van der Waals surface area (Å²) in [6.45, 7) is 1.12. The number of nitrogens with one attached hydrogen (secondary N) is 1. The second-order valence-electron chi connectivity index (χ2n) is 5.53. The normalized spacial score (nSPS) is 12.8. The SMILES string of the molecule is O=C(CSc1ccc2c(c1)OCCO2)Nc1ccc2ccccc2n1. The van der Waals surface area contributed by atoms with Gasteiger partial charge in [0.05, 0.1) is 11.3 Å². The lowest BCUT2D eigenvalue weighted by Crippen LogP contribution is -2.16. The van der Waals surface area contributed by atoms with Gasteiger partial charge in [-0.2, -0.15) is 0 Å². The molecule has 0 saturated heterocycles. The van der Waals surface area contributed by atoms with Gasteiger partial charge in [-0.25, -0.2) is 4.98 Å². The Morgan fingerprint density at radius 2 is 1.88 bits per heavy atom. The van der Waals surface area contributed by atoms with Crippen LogP contribution in [0.4, 0.5) is 5.82 Å². The number of carbonyl (C=O) groups excluding carboxylic acids is 1. The van der Waals surface area contributed by atoms with E-state index in [1.807, 2.05) is 54.6 Å². The highest BCUT2D eigenvalue weighted by Gasteiger charge is 2.13. The Labute approximate surface area is 149 Å². The van der Waals surface area contributed by atoms with Crippen molar-refractivity contribution >= 4 is 34.4 Å². The molecule has 0 atom stereocenters. The molecular weight excluding hydrogens is 336 g/mol. The van der Waals surface area contributed by atoms with Gasteiger partial charge in [0, 0.05) is 10.3 Å². The third kappa shape index (κ3) is 3.69. The van der Waals surface area contributed by atoms with Crippen LogP contribution in [0.2, 0.25) is 0 Å². The van der Waals surface area contributed by atoms with Crippen LogP contribution in [0.25, 0.3) is 10.9 Å². The van der Waals surface area contributed by atoms with Gasteiger partial charge in [0.1, 0.15) is 19.0 Å². The molecule has 0 saturated carbocycles. The van der Waals surface area contributed by atoms with Gasteiger partial charge in [0.15, 0.2) is 11.5 Å². The number of fused-ring (bicyclic) bond motifs is 2. The number of carbonyl (C=O) groups is 1. The van der Waals surface area contributed by atoms with Crippen molar-refractivity contribution in [3.63, 3.8) is 0 Å². The minimum absolute atomic E-state index is 0.0947. The number of benzene rings is 2. The molecule has 6 heteroatoms. The van der Waals surface area contributed by atoms with E-state index in [2.05, 4.69) is 10.3 Å². The van der Waals surface area contributed by atoms with Gasteiger partial charge in [-0.1, -0.05) is 18.2 Å². The average Bonchev–Trinajstić information content (AvgIpc) is 2.66. The summed E-state index contributed by atoms with van der Waals surface area (Å²) in [5.41, 5.74) is 0.861. The Morgan fingerprint density at radius 1 is 1.04 bits per heavy atom. The van der Waals surface area contributed by atoms with E-state index in [-0.39, 0.29) is 5.91 Å². The van der Waals surface area contributed by atoms with Crippen molar-refractivity contribution < 1.29 is 14.3 Å². The minimum Gasteiger partial charge on any atom is -0.486 e. The average molecular weight is 352 g/mol. The number of aromatic nitrogens is 1. The van der Waals surface area contributed by atoms with E-state index in [1.54, 1.807) is 0 Å². The standard InChI is InChI=1S/C19H16N2O3S/c22-19(21-18-8-5-13-3-1-2-4-15(13)20-18)12-25-14-6-7-16-17(11-14)24-10-9-23-16/h1-8,11H,9-10,12H2,(H,20,21,22). The third-order valence-electron chi connectivity index (χ3n) is 3.75. The number of nitrogens with zero attached hydrogens (tertiary/aromatic N) is 1. The summed E-state index contributed by atoms with van der Waals surface area (Å²) in [6, 6.07) is 17.3. The van der Waals surface area contributed by atoms with Gasteiger partial charge in [-0.15, -0.1) is 11.8 Å².